The minimum absolute atomic E-state index is 0.114. The standard InChI is InChI=1S/C19H21NO2/c21-19(12-11-16-7-3-1-4-8-16)20-14-13-18(15-20)22-17-9-5-2-6-10-17/h1-10,18H,11-15H2. The predicted octanol–water partition coefficient (Wildman–Crippen LogP) is 3.30. The molecule has 1 unspecified atom stereocenters. The number of hydrogen-bond acceptors (Lipinski definition) is 2. The lowest BCUT2D eigenvalue weighted by atomic mass is 10.1. The van der Waals surface area contributed by atoms with E-state index in [-0.39, 0.29) is 12.0 Å². The Morgan fingerprint density at radius 2 is 1.73 bits per heavy atom. The van der Waals surface area contributed by atoms with E-state index in [1.165, 1.54) is 5.56 Å². The van der Waals surface area contributed by atoms with E-state index in [4.69, 9.17) is 4.74 Å². The first-order chi connectivity index (χ1) is 10.8. The molecule has 3 heteroatoms. The van der Waals surface area contributed by atoms with Gasteiger partial charge in [-0.25, -0.2) is 0 Å². The zero-order valence-corrected chi connectivity index (χ0v) is 12.7. The van der Waals surface area contributed by atoms with Gasteiger partial charge in [-0.2, -0.15) is 0 Å². The highest BCUT2D eigenvalue weighted by molar-refractivity contribution is 5.76. The molecule has 1 fully saturated rings. The van der Waals surface area contributed by atoms with Gasteiger partial charge in [-0.15, -0.1) is 0 Å². The van der Waals surface area contributed by atoms with Gasteiger partial charge in [0.15, 0.2) is 0 Å². The van der Waals surface area contributed by atoms with Crippen LogP contribution in [-0.4, -0.2) is 30.0 Å². The maximum Gasteiger partial charge on any atom is 0.223 e. The zero-order chi connectivity index (χ0) is 15.2. The van der Waals surface area contributed by atoms with Crippen LogP contribution in [0.2, 0.25) is 0 Å². The van der Waals surface area contributed by atoms with Crippen molar-refractivity contribution in [2.45, 2.75) is 25.4 Å². The van der Waals surface area contributed by atoms with Gasteiger partial charge in [-0.3, -0.25) is 4.79 Å². The topological polar surface area (TPSA) is 29.5 Å². The van der Waals surface area contributed by atoms with Crippen LogP contribution >= 0.6 is 0 Å². The molecule has 1 aliphatic rings. The van der Waals surface area contributed by atoms with Crippen molar-refractivity contribution >= 4 is 5.91 Å². The van der Waals surface area contributed by atoms with Crippen molar-refractivity contribution in [1.82, 2.24) is 4.90 Å². The molecule has 22 heavy (non-hydrogen) atoms. The molecule has 114 valence electrons. The summed E-state index contributed by atoms with van der Waals surface area (Å²) in [6, 6.07) is 20.0. The van der Waals surface area contributed by atoms with Gasteiger partial charge in [0.2, 0.25) is 5.91 Å². The van der Waals surface area contributed by atoms with E-state index >= 15 is 0 Å². The molecule has 1 amide bonds. The quantitative estimate of drug-likeness (QED) is 0.847. The van der Waals surface area contributed by atoms with Crippen LogP contribution in [0.5, 0.6) is 5.75 Å². The van der Waals surface area contributed by atoms with E-state index in [1.807, 2.05) is 53.4 Å². The summed E-state index contributed by atoms with van der Waals surface area (Å²) in [5.74, 6) is 1.11. The summed E-state index contributed by atoms with van der Waals surface area (Å²) in [5, 5.41) is 0. The Bertz CT molecular complexity index is 597. The molecule has 0 radical (unpaired) electrons. The van der Waals surface area contributed by atoms with E-state index in [0.29, 0.717) is 13.0 Å². The predicted molar refractivity (Wildman–Crippen MR) is 86.8 cm³/mol. The third-order valence-corrected chi connectivity index (χ3v) is 4.01. The molecule has 0 aliphatic carbocycles. The third-order valence-electron chi connectivity index (χ3n) is 4.01. The van der Waals surface area contributed by atoms with Crippen molar-refractivity contribution in [3.05, 3.63) is 66.2 Å². The summed E-state index contributed by atoms with van der Waals surface area (Å²) < 4.78 is 5.92. The second-order valence-corrected chi connectivity index (χ2v) is 5.67. The molecule has 0 saturated carbocycles. The van der Waals surface area contributed by atoms with Crippen LogP contribution in [0, 0.1) is 0 Å². The number of amides is 1. The fourth-order valence-corrected chi connectivity index (χ4v) is 2.80. The number of para-hydroxylation sites is 1. The van der Waals surface area contributed by atoms with Crippen LogP contribution in [0.1, 0.15) is 18.4 Å². The Balaban J connectivity index is 1.46. The van der Waals surface area contributed by atoms with Crippen LogP contribution in [0.4, 0.5) is 0 Å². The molecular formula is C19H21NO2. The molecule has 0 bridgehead atoms. The Morgan fingerprint density at radius 1 is 1.05 bits per heavy atom. The Morgan fingerprint density at radius 3 is 2.45 bits per heavy atom. The number of rotatable bonds is 5. The molecule has 1 saturated heterocycles. The second kappa shape index (κ2) is 7.12. The highest BCUT2D eigenvalue weighted by Crippen LogP contribution is 2.19. The largest absolute Gasteiger partial charge is 0.489 e. The van der Waals surface area contributed by atoms with Gasteiger partial charge in [0, 0.05) is 19.4 Å². The molecule has 3 nitrogen and oxygen atoms in total. The normalized spacial score (nSPS) is 17.5. The summed E-state index contributed by atoms with van der Waals surface area (Å²) in [6.07, 6.45) is 2.40. The first-order valence-corrected chi connectivity index (χ1v) is 7.84. The molecule has 1 atom stereocenters. The number of hydrogen-bond donors (Lipinski definition) is 0. The lowest BCUT2D eigenvalue weighted by Crippen LogP contribution is -2.31. The number of likely N-dealkylation sites (tertiary alicyclic amines) is 1. The van der Waals surface area contributed by atoms with Gasteiger partial charge in [-0.1, -0.05) is 48.5 Å². The van der Waals surface area contributed by atoms with Crippen LogP contribution in [-0.2, 0) is 11.2 Å². The lowest BCUT2D eigenvalue weighted by Gasteiger charge is -2.17. The smallest absolute Gasteiger partial charge is 0.223 e. The first-order valence-electron chi connectivity index (χ1n) is 7.84. The minimum Gasteiger partial charge on any atom is -0.489 e. The molecule has 1 aliphatic heterocycles. The van der Waals surface area contributed by atoms with E-state index in [2.05, 4.69) is 12.1 Å². The highest BCUT2D eigenvalue weighted by Gasteiger charge is 2.27. The maximum absolute atomic E-state index is 12.3. The molecule has 0 aromatic heterocycles. The van der Waals surface area contributed by atoms with Crippen molar-refractivity contribution in [1.29, 1.82) is 0 Å². The van der Waals surface area contributed by atoms with Crippen LogP contribution in [0.15, 0.2) is 60.7 Å². The zero-order valence-electron chi connectivity index (χ0n) is 12.7. The summed E-state index contributed by atoms with van der Waals surface area (Å²) in [6.45, 7) is 1.49. The number of benzene rings is 2. The SMILES string of the molecule is O=C(CCc1ccccc1)N1CCC(Oc2ccccc2)C1. The van der Waals surface area contributed by atoms with Crippen LogP contribution in [0.3, 0.4) is 0 Å². The number of nitrogens with zero attached hydrogens (tertiary/aromatic N) is 1. The summed E-state index contributed by atoms with van der Waals surface area (Å²) in [5.41, 5.74) is 1.21. The van der Waals surface area contributed by atoms with Crippen molar-refractivity contribution < 1.29 is 9.53 Å². The Kier molecular flexibility index (Phi) is 4.74. The van der Waals surface area contributed by atoms with Crippen LogP contribution in [0.25, 0.3) is 0 Å². The fraction of sp³-hybridized carbons (Fsp3) is 0.316. The number of ether oxygens (including phenoxy) is 1. The molecular weight excluding hydrogens is 274 g/mol. The fourth-order valence-electron chi connectivity index (χ4n) is 2.80. The van der Waals surface area contributed by atoms with E-state index in [9.17, 15) is 4.79 Å². The highest BCUT2D eigenvalue weighted by atomic mass is 16.5. The van der Waals surface area contributed by atoms with Gasteiger partial charge in [0.25, 0.3) is 0 Å². The molecule has 1 heterocycles. The molecule has 3 rings (SSSR count). The first kappa shape index (κ1) is 14.6. The molecule has 2 aromatic carbocycles. The monoisotopic (exact) mass is 295 g/mol. The molecule has 2 aromatic rings. The summed E-state index contributed by atoms with van der Waals surface area (Å²) in [4.78, 5) is 14.2. The molecule has 0 spiro atoms. The Labute approximate surface area is 131 Å². The average Bonchev–Trinajstić information content (AvgIpc) is 3.03. The summed E-state index contributed by atoms with van der Waals surface area (Å²) in [7, 11) is 0. The second-order valence-electron chi connectivity index (χ2n) is 5.67. The maximum atomic E-state index is 12.3. The van der Waals surface area contributed by atoms with E-state index in [0.717, 1.165) is 25.1 Å². The van der Waals surface area contributed by atoms with Gasteiger partial charge in [0.1, 0.15) is 11.9 Å². The van der Waals surface area contributed by atoms with Crippen molar-refractivity contribution in [3.8, 4) is 5.75 Å². The lowest BCUT2D eigenvalue weighted by molar-refractivity contribution is -0.130. The summed E-state index contributed by atoms with van der Waals surface area (Å²) >= 11 is 0. The van der Waals surface area contributed by atoms with Crippen molar-refractivity contribution in [2.75, 3.05) is 13.1 Å². The number of carbonyl (C=O) groups is 1. The molecule has 0 N–H and O–H groups in total. The van der Waals surface area contributed by atoms with Crippen molar-refractivity contribution in [2.24, 2.45) is 0 Å². The van der Waals surface area contributed by atoms with E-state index in [1.54, 1.807) is 0 Å². The van der Waals surface area contributed by atoms with Gasteiger partial charge < -0.3 is 9.64 Å². The number of carbonyl (C=O) groups excluding carboxylic acids is 1. The number of aryl methyl sites for hydroxylation is 1. The average molecular weight is 295 g/mol. The van der Waals surface area contributed by atoms with Crippen molar-refractivity contribution in [3.63, 3.8) is 0 Å². The van der Waals surface area contributed by atoms with E-state index < -0.39 is 0 Å². The minimum atomic E-state index is 0.114. The van der Waals surface area contributed by atoms with Gasteiger partial charge in [-0.05, 0) is 24.1 Å². The van der Waals surface area contributed by atoms with Gasteiger partial charge in [0.05, 0.1) is 6.54 Å². The third kappa shape index (κ3) is 3.88. The van der Waals surface area contributed by atoms with Crippen LogP contribution < -0.4 is 4.74 Å². The Hall–Kier alpha value is -2.29. The van der Waals surface area contributed by atoms with Gasteiger partial charge >= 0.3 is 0 Å².